The molecule has 0 aliphatic heterocycles. The van der Waals surface area contributed by atoms with E-state index in [1.54, 1.807) is 13.1 Å². The summed E-state index contributed by atoms with van der Waals surface area (Å²) >= 11 is 0. The number of hydrogen-bond donors (Lipinski definition) is 1. The number of nitrogens with one attached hydrogen (secondary N) is 1. The van der Waals surface area contributed by atoms with E-state index in [1.807, 2.05) is 19.0 Å². The van der Waals surface area contributed by atoms with Crippen molar-refractivity contribution in [1.29, 1.82) is 0 Å². The highest BCUT2D eigenvalue weighted by atomic mass is 19.4. The highest BCUT2D eigenvalue weighted by Gasteiger charge is 2.30. The molecular weight excluding hydrogens is 241 g/mol. The van der Waals surface area contributed by atoms with Crippen molar-refractivity contribution in [3.05, 3.63) is 35.4 Å². The van der Waals surface area contributed by atoms with Crippen molar-refractivity contribution >= 4 is 0 Å². The van der Waals surface area contributed by atoms with Crippen LogP contribution in [-0.2, 0) is 6.18 Å². The molecule has 18 heavy (non-hydrogen) atoms. The number of halogens is 3. The molecule has 1 unspecified atom stereocenters. The molecule has 0 bridgehead atoms. The van der Waals surface area contributed by atoms with Gasteiger partial charge in [0, 0.05) is 6.04 Å². The van der Waals surface area contributed by atoms with E-state index in [9.17, 15) is 13.2 Å². The molecule has 0 aliphatic carbocycles. The van der Waals surface area contributed by atoms with Crippen LogP contribution in [0.3, 0.4) is 0 Å². The van der Waals surface area contributed by atoms with Crippen LogP contribution in [0.1, 0.15) is 23.6 Å². The molecule has 0 spiro atoms. The van der Waals surface area contributed by atoms with Gasteiger partial charge in [0.05, 0.1) is 5.56 Å². The van der Waals surface area contributed by atoms with E-state index in [0.717, 1.165) is 19.0 Å². The summed E-state index contributed by atoms with van der Waals surface area (Å²) in [6.07, 6.45) is -3.51. The number of nitrogens with zero attached hydrogens (tertiary/aromatic N) is 1. The molecule has 0 amide bonds. The Morgan fingerprint density at radius 3 is 2.44 bits per heavy atom. The van der Waals surface area contributed by atoms with Crippen LogP contribution >= 0.6 is 0 Å². The second-order valence-electron chi connectivity index (χ2n) is 4.56. The first-order valence-corrected chi connectivity index (χ1v) is 5.83. The van der Waals surface area contributed by atoms with E-state index in [-0.39, 0.29) is 6.04 Å². The molecule has 102 valence electrons. The van der Waals surface area contributed by atoms with Gasteiger partial charge < -0.3 is 10.2 Å². The summed E-state index contributed by atoms with van der Waals surface area (Å²) in [5.41, 5.74) is 0.0827. The lowest BCUT2D eigenvalue weighted by atomic mass is 10.0. The minimum absolute atomic E-state index is 0.0605. The van der Waals surface area contributed by atoms with Gasteiger partial charge in [0.2, 0.25) is 0 Å². The van der Waals surface area contributed by atoms with Crippen LogP contribution in [0.5, 0.6) is 0 Å². The highest BCUT2D eigenvalue weighted by Crippen LogP contribution is 2.31. The molecule has 5 heteroatoms. The van der Waals surface area contributed by atoms with Crippen LogP contribution in [0.4, 0.5) is 13.2 Å². The van der Waals surface area contributed by atoms with Crippen molar-refractivity contribution in [2.45, 2.75) is 18.6 Å². The third-order valence-corrected chi connectivity index (χ3v) is 2.83. The minimum atomic E-state index is -4.28. The van der Waals surface area contributed by atoms with Gasteiger partial charge in [0.15, 0.2) is 0 Å². The molecule has 1 aromatic rings. The van der Waals surface area contributed by atoms with Crippen LogP contribution in [0.2, 0.25) is 0 Å². The SMILES string of the molecule is CNC(CCN(C)C)c1cccc(C(F)(F)F)c1. The van der Waals surface area contributed by atoms with Crippen LogP contribution in [0.15, 0.2) is 24.3 Å². The summed E-state index contributed by atoms with van der Waals surface area (Å²) in [6, 6.07) is 5.44. The molecule has 0 radical (unpaired) electrons. The molecule has 1 atom stereocenters. The van der Waals surface area contributed by atoms with Gasteiger partial charge >= 0.3 is 6.18 Å². The lowest BCUT2D eigenvalue weighted by molar-refractivity contribution is -0.137. The topological polar surface area (TPSA) is 15.3 Å². The zero-order valence-corrected chi connectivity index (χ0v) is 10.9. The number of alkyl halides is 3. The summed E-state index contributed by atoms with van der Waals surface area (Å²) in [4.78, 5) is 2.01. The van der Waals surface area contributed by atoms with Gasteiger partial charge in [-0.1, -0.05) is 12.1 Å². The maximum Gasteiger partial charge on any atom is 0.416 e. The van der Waals surface area contributed by atoms with Crippen molar-refractivity contribution in [2.75, 3.05) is 27.7 Å². The average Bonchev–Trinajstić information content (AvgIpc) is 2.29. The fraction of sp³-hybridized carbons (Fsp3) is 0.538. The molecule has 0 heterocycles. The zero-order valence-electron chi connectivity index (χ0n) is 10.9. The Hall–Kier alpha value is -1.07. The van der Waals surface area contributed by atoms with E-state index in [4.69, 9.17) is 0 Å². The van der Waals surface area contributed by atoms with Crippen molar-refractivity contribution in [1.82, 2.24) is 10.2 Å². The fourth-order valence-electron chi connectivity index (χ4n) is 1.80. The van der Waals surface area contributed by atoms with E-state index in [1.165, 1.54) is 12.1 Å². The summed E-state index contributed by atoms with van der Waals surface area (Å²) in [6.45, 7) is 0.821. The Balaban J connectivity index is 2.86. The molecule has 2 nitrogen and oxygen atoms in total. The van der Waals surface area contributed by atoms with Crippen LogP contribution in [0.25, 0.3) is 0 Å². The number of hydrogen-bond acceptors (Lipinski definition) is 2. The maximum atomic E-state index is 12.6. The largest absolute Gasteiger partial charge is 0.416 e. The van der Waals surface area contributed by atoms with E-state index >= 15 is 0 Å². The quantitative estimate of drug-likeness (QED) is 0.875. The smallest absolute Gasteiger partial charge is 0.313 e. The van der Waals surface area contributed by atoms with Crippen molar-refractivity contribution in [3.8, 4) is 0 Å². The lowest BCUT2D eigenvalue weighted by Crippen LogP contribution is -2.23. The van der Waals surface area contributed by atoms with E-state index in [0.29, 0.717) is 5.56 Å². The third kappa shape index (κ3) is 4.31. The third-order valence-electron chi connectivity index (χ3n) is 2.83. The molecule has 0 saturated heterocycles. The first-order chi connectivity index (χ1) is 8.34. The predicted molar refractivity (Wildman–Crippen MR) is 66.4 cm³/mol. The number of rotatable bonds is 5. The van der Waals surface area contributed by atoms with Crippen molar-refractivity contribution in [2.24, 2.45) is 0 Å². The maximum absolute atomic E-state index is 12.6. The van der Waals surface area contributed by atoms with Gasteiger partial charge in [0.1, 0.15) is 0 Å². The number of benzene rings is 1. The Morgan fingerprint density at radius 1 is 1.28 bits per heavy atom. The van der Waals surface area contributed by atoms with Gasteiger partial charge in [-0.15, -0.1) is 0 Å². The first kappa shape index (κ1) is 15.0. The standard InChI is InChI=1S/C13H19F3N2/c1-17-12(7-8-18(2)3)10-5-4-6-11(9-10)13(14,15)16/h4-6,9,12,17H,7-8H2,1-3H3. The molecule has 0 aromatic heterocycles. The Labute approximate surface area is 106 Å². The molecule has 1 rings (SSSR count). The Morgan fingerprint density at radius 2 is 1.94 bits per heavy atom. The first-order valence-electron chi connectivity index (χ1n) is 5.83. The monoisotopic (exact) mass is 260 g/mol. The summed E-state index contributed by atoms with van der Waals surface area (Å²) in [5, 5.41) is 3.06. The van der Waals surface area contributed by atoms with E-state index < -0.39 is 11.7 Å². The van der Waals surface area contributed by atoms with Gasteiger partial charge in [-0.05, 0) is 51.8 Å². The second-order valence-corrected chi connectivity index (χ2v) is 4.56. The lowest BCUT2D eigenvalue weighted by Gasteiger charge is -2.20. The minimum Gasteiger partial charge on any atom is -0.313 e. The highest BCUT2D eigenvalue weighted by molar-refractivity contribution is 5.28. The predicted octanol–water partition coefficient (Wildman–Crippen LogP) is 2.92. The zero-order chi connectivity index (χ0) is 13.8. The average molecular weight is 260 g/mol. The van der Waals surface area contributed by atoms with E-state index in [2.05, 4.69) is 5.32 Å². The summed E-state index contributed by atoms with van der Waals surface area (Å²) in [5.74, 6) is 0. The molecule has 1 aromatic carbocycles. The Bertz CT molecular complexity index is 375. The van der Waals surface area contributed by atoms with Gasteiger partial charge in [0.25, 0.3) is 0 Å². The second kappa shape index (κ2) is 6.20. The van der Waals surface area contributed by atoms with Gasteiger partial charge in [-0.3, -0.25) is 0 Å². The summed E-state index contributed by atoms with van der Waals surface area (Å²) < 4.78 is 37.9. The molecule has 0 saturated carbocycles. The molecule has 1 N–H and O–H groups in total. The van der Waals surface area contributed by atoms with Crippen molar-refractivity contribution in [3.63, 3.8) is 0 Å². The van der Waals surface area contributed by atoms with Crippen LogP contribution < -0.4 is 5.32 Å². The normalized spacial score (nSPS) is 13.9. The van der Waals surface area contributed by atoms with Gasteiger partial charge in [-0.25, -0.2) is 0 Å². The van der Waals surface area contributed by atoms with Crippen molar-refractivity contribution < 1.29 is 13.2 Å². The van der Waals surface area contributed by atoms with Crippen LogP contribution in [-0.4, -0.2) is 32.6 Å². The molecular formula is C13H19F3N2. The molecule has 0 fully saturated rings. The van der Waals surface area contributed by atoms with Gasteiger partial charge in [-0.2, -0.15) is 13.2 Å². The molecule has 0 aliphatic rings. The summed E-state index contributed by atoms with van der Waals surface area (Å²) in [7, 11) is 5.65. The fourth-order valence-corrected chi connectivity index (χ4v) is 1.80. The van der Waals surface area contributed by atoms with Crippen LogP contribution in [0, 0.1) is 0 Å². The Kier molecular flexibility index (Phi) is 5.16.